The van der Waals surface area contributed by atoms with Crippen molar-refractivity contribution in [2.24, 2.45) is 5.73 Å². The molecule has 1 fully saturated rings. The minimum atomic E-state index is -2.57. The van der Waals surface area contributed by atoms with Crippen molar-refractivity contribution in [3.05, 3.63) is 0 Å². The third kappa shape index (κ3) is 5.61. The number of ether oxygens (including phenoxy) is 1. The van der Waals surface area contributed by atoms with Gasteiger partial charge in [-0.2, -0.15) is 0 Å². The van der Waals surface area contributed by atoms with Crippen LogP contribution in [0.25, 0.3) is 0 Å². The van der Waals surface area contributed by atoms with E-state index < -0.39 is 29.7 Å². The number of rotatable bonds is 4. The van der Waals surface area contributed by atoms with Crippen LogP contribution in [0.5, 0.6) is 0 Å². The van der Waals surface area contributed by atoms with Gasteiger partial charge in [0.25, 0.3) is 6.43 Å². The average Bonchev–Trinajstić information content (AvgIpc) is 2.26. The quantitative estimate of drug-likeness (QED) is 0.836. The Morgan fingerprint density at radius 1 is 1.30 bits per heavy atom. The van der Waals surface area contributed by atoms with E-state index in [1.54, 1.807) is 20.8 Å². The molecule has 1 unspecified atom stereocenters. The van der Waals surface area contributed by atoms with Crippen LogP contribution in [0.3, 0.4) is 0 Å². The Labute approximate surface area is 119 Å². The van der Waals surface area contributed by atoms with Crippen molar-refractivity contribution < 1.29 is 18.3 Å². The second-order valence-corrected chi connectivity index (χ2v) is 6.67. The summed E-state index contributed by atoms with van der Waals surface area (Å²) >= 11 is 0. The molecular weight excluding hydrogens is 266 g/mol. The summed E-state index contributed by atoms with van der Waals surface area (Å²) < 4.78 is 30.6. The maximum atomic E-state index is 12.7. The van der Waals surface area contributed by atoms with Gasteiger partial charge in [-0.05, 0) is 40.0 Å². The summed E-state index contributed by atoms with van der Waals surface area (Å²) in [5, 5.41) is 2.80. The van der Waals surface area contributed by atoms with E-state index in [1.807, 2.05) is 0 Å². The van der Waals surface area contributed by atoms with E-state index in [0.717, 1.165) is 19.3 Å². The highest BCUT2D eigenvalue weighted by atomic mass is 19.3. The molecule has 1 atom stereocenters. The second kappa shape index (κ2) is 6.70. The molecule has 0 radical (unpaired) electrons. The molecule has 1 aliphatic rings. The zero-order valence-corrected chi connectivity index (χ0v) is 12.5. The molecule has 0 bridgehead atoms. The summed E-state index contributed by atoms with van der Waals surface area (Å²) in [5.41, 5.74) is 4.23. The molecule has 20 heavy (non-hydrogen) atoms. The van der Waals surface area contributed by atoms with Crippen LogP contribution in [-0.4, -0.2) is 29.7 Å². The Morgan fingerprint density at radius 3 is 2.30 bits per heavy atom. The lowest BCUT2D eigenvalue weighted by Crippen LogP contribution is -2.54. The Morgan fingerprint density at radius 2 is 1.85 bits per heavy atom. The largest absolute Gasteiger partial charge is 0.444 e. The highest BCUT2D eigenvalue weighted by Crippen LogP contribution is 2.33. The number of nitrogens with one attached hydrogen (secondary N) is 1. The number of nitrogens with two attached hydrogens (primary N) is 1. The Bertz CT molecular complexity index is 324. The topological polar surface area (TPSA) is 64.3 Å². The summed E-state index contributed by atoms with van der Waals surface area (Å²) in [7, 11) is 0. The highest BCUT2D eigenvalue weighted by molar-refractivity contribution is 5.68. The van der Waals surface area contributed by atoms with Gasteiger partial charge in [0.05, 0.1) is 6.04 Å². The molecule has 0 saturated heterocycles. The smallest absolute Gasteiger partial charge is 0.408 e. The first-order valence-corrected chi connectivity index (χ1v) is 7.18. The summed E-state index contributed by atoms with van der Waals surface area (Å²) in [5.74, 6) is 0. The number of amides is 1. The molecule has 0 spiro atoms. The number of halogens is 2. The predicted molar refractivity (Wildman–Crippen MR) is 73.8 cm³/mol. The van der Waals surface area contributed by atoms with Crippen molar-refractivity contribution in [3.63, 3.8) is 0 Å². The summed E-state index contributed by atoms with van der Waals surface area (Å²) in [6.07, 6.45) is 1.18. The lowest BCUT2D eigenvalue weighted by Gasteiger charge is -2.40. The fourth-order valence-electron chi connectivity index (χ4n) is 2.67. The van der Waals surface area contributed by atoms with Gasteiger partial charge in [0.2, 0.25) is 0 Å². The van der Waals surface area contributed by atoms with Crippen LogP contribution in [0.15, 0.2) is 0 Å². The van der Waals surface area contributed by atoms with E-state index in [0.29, 0.717) is 12.8 Å². The number of hydrogen-bond acceptors (Lipinski definition) is 3. The van der Waals surface area contributed by atoms with Crippen molar-refractivity contribution in [1.82, 2.24) is 5.32 Å². The third-order valence-electron chi connectivity index (χ3n) is 3.53. The summed E-state index contributed by atoms with van der Waals surface area (Å²) in [4.78, 5) is 11.9. The first-order valence-electron chi connectivity index (χ1n) is 7.18. The summed E-state index contributed by atoms with van der Waals surface area (Å²) in [6.45, 7) is 5.31. The number of carbonyl (C=O) groups is 1. The standard InChI is InChI=1S/C14H26F2N2O2/c1-13(2,3)20-12(19)18-14(7-5-4-6-8-14)9-10(17)11(15)16/h10-11H,4-9,17H2,1-3H3,(H,18,19). The fraction of sp³-hybridized carbons (Fsp3) is 0.929. The lowest BCUT2D eigenvalue weighted by atomic mass is 9.77. The molecule has 0 aliphatic heterocycles. The van der Waals surface area contributed by atoms with Crippen LogP contribution in [0.2, 0.25) is 0 Å². The lowest BCUT2D eigenvalue weighted by molar-refractivity contribution is 0.0357. The Balaban J connectivity index is 2.70. The van der Waals surface area contributed by atoms with Crippen LogP contribution in [0.4, 0.5) is 13.6 Å². The monoisotopic (exact) mass is 292 g/mol. The van der Waals surface area contributed by atoms with Crippen LogP contribution in [0.1, 0.15) is 59.3 Å². The molecule has 1 amide bonds. The van der Waals surface area contributed by atoms with Gasteiger partial charge in [-0.15, -0.1) is 0 Å². The molecule has 0 heterocycles. The van der Waals surface area contributed by atoms with Gasteiger partial charge in [0.15, 0.2) is 0 Å². The zero-order chi connectivity index (χ0) is 15.4. The molecule has 0 aromatic heterocycles. The molecule has 0 aromatic carbocycles. The number of alkyl halides is 2. The van der Waals surface area contributed by atoms with E-state index in [4.69, 9.17) is 10.5 Å². The Kier molecular flexibility index (Phi) is 5.74. The van der Waals surface area contributed by atoms with Gasteiger partial charge >= 0.3 is 6.09 Å². The van der Waals surface area contributed by atoms with Gasteiger partial charge in [-0.25, -0.2) is 13.6 Å². The highest BCUT2D eigenvalue weighted by Gasteiger charge is 2.38. The SMILES string of the molecule is CC(C)(C)OC(=O)NC1(CC(N)C(F)F)CCCCC1. The van der Waals surface area contributed by atoms with E-state index in [-0.39, 0.29) is 6.42 Å². The number of hydrogen-bond donors (Lipinski definition) is 2. The predicted octanol–water partition coefficient (Wildman–Crippen LogP) is 3.20. The average molecular weight is 292 g/mol. The second-order valence-electron chi connectivity index (χ2n) is 6.67. The first kappa shape index (κ1) is 17.1. The Hall–Kier alpha value is -0.910. The van der Waals surface area contributed by atoms with Crippen molar-refractivity contribution in [2.75, 3.05) is 0 Å². The van der Waals surface area contributed by atoms with Crippen LogP contribution in [0, 0.1) is 0 Å². The molecule has 1 saturated carbocycles. The van der Waals surface area contributed by atoms with Crippen LogP contribution in [-0.2, 0) is 4.74 Å². The normalized spacial score (nSPS) is 20.6. The van der Waals surface area contributed by atoms with Gasteiger partial charge in [-0.3, -0.25) is 0 Å². The number of alkyl carbamates (subject to hydrolysis) is 1. The maximum Gasteiger partial charge on any atom is 0.408 e. The molecule has 1 aliphatic carbocycles. The number of carbonyl (C=O) groups excluding carboxylic acids is 1. The summed E-state index contributed by atoms with van der Waals surface area (Å²) in [6, 6.07) is -1.22. The molecular formula is C14H26F2N2O2. The van der Waals surface area contributed by atoms with E-state index >= 15 is 0 Å². The van der Waals surface area contributed by atoms with Gasteiger partial charge < -0.3 is 15.8 Å². The third-order valence-corrected chi connectivity index (χ3v) is 3.53. The molecule has 4 nitrogen and oxygen atoms in total. The van der Waals surface area contributed by atoms with Gasteiger partial charge in [0, 0.05) is 5.54 Å². The first-order chi connectivity index (χ1) is 9.14. The van der Waals surface area contributed by atoms with Crippen LogP contribution < -0.4 is 11.1 Å². The molecule has 1 rings (SSSR count). The van der Waals surface area contributed by atoms with E-state index in [1.165, 1.54) is 0 Å². The van der Waals surface area contributed by atoms with E-state index in [9.17, 15) is 13.6 Å². The fourth-order valence-corrected chi connectivity index (χ4v) is 2.67. The minimum Gasteiger partial charge on any atom is -0.444 e. The molecule has 0 aromatic rings. The van der Waals surface area contributed by atoms with Gasteiger partial charge in [-0.1, -0.05) is 19.3 Å². The van der Waals surface area contributed by atoms with Crippen molar-refractivity contribution in [3.8, 4) is 0 Å². The maximum absolute atomic E-state index is 12.7. The molecule has 118 valence electrons. The zero-order valence-electron chi connectivity index (χ0n) is 12.5. The molecule has 3 N–H and O–H groups in total. The van der Waals surface area contributed by atoms with E-state index in [2.05, 4.69) is 5.32 Å². The van der Waals surface area contributed by atoms with Crippen molar-refractivity contribution in [2.45, 2.75) is 82.9 Å². The molecule has 6 heteroatoms. The van der Waals surface area contributed by atoms with Gasteiger partial charge in [0.1, 0.15) is 5.60 Å². The van der Waals surface area contributed by atoms with Crippen molar-refractivity contribution >= 4 is 6.09 Å². The minimum absolute atomic E-state index is 0.0872. The van der Waals surface area contributed by atoms with Crippen LogP contribution >= 0.6 is 0 Å². The van der Waals surface area contributed by atoms with Crippen molar-refractivity contribution in [1.29, 1.82) is 0 Å².